The molecule has 1 heterocycles. The standard InChI is InChI=1S/C36H33N5O5S/c1-23(42)37-26-11-17-29(18-12-26)41-33(43)22-32(36(41)46)47-30-19-13-27(14-20-30)38-35(45)31(39-34(44)25-7-5-4-6-8-25)21-24-9-15-28(16-10-24)40(2)3/h4-21,32H,22H2,1-3H3,(H,37,42)(H,38,45)(H,39,44)/b31-21-. The Kier molecular flexibility index (Phi) is 10.2. The van der Waals surface area contributed by atoms with Gasteiger partial charge >= 0.3 is 0 Å². The molecule has 5 amide bonds. The lowest BCUT2D eigenvalue weighted by Gasteiger charge is -2.16. The van der Waals surface area contributed by atoms with Crippen LogP contribution >= 0.6 is 11.8 Å². The van der Waals surface area contributed by atoms with Gasteiger partial charge in [0.15, 0.2) is 0 Å². The highest BCUT2D eigenvalue weighted by Gasteiger charge is 2.40. The first kappa shape index (κ1) is 32.7. The monoisotopic (exact) mass is 647 g/mol. The number of anilines is 4. The number of rotatable bonds is 10. The van der Waals surface area contributed by atoms with Crippen molar-refractivity contribution in [1.82, 2.24) is 5.32 Å². The van der Waals surface area contributed by atoms with Gasteiger partial charge in [0.05, 0.1) is 10.9 Å². The number of nitrogens with zero attached hydrogens (tertiary/aromatic N) is 2. The van der Waals surface area contributed by atoms with E-state index in [2.05, 4.69) is 16.0 Å². The summed E-state index contributed by atoms with van der Waals surface area (Å²) in [6.07, 6.45) is 1.65. The van der Waals surface area contributed by atoms with Crippen molar-refractivity contribution >= 4 is 70.1 Å². The first-order valence-electron chi connectivity index (χ1n) is 14.8. The largest absolute Gasteiger partial charge is 0.378 e. The molecule has 4 aromatic carbocycles. The van der Waals surface area contributed by atoms with Crippen molar-refractivity contribution in [2.45, 2.75) is 23.5 Å². The number of hydrogen-bond donors (Lipinski definition) is 3. The van der Waals surface area contributed by atoms with Gasteiger partial charge in [-0.1, -0.05) is 30.3 Å². The van der Waals surface area contributed by atoms with E-state index in [0.29, 0.717) is 22.6 Å². The van der Waals surface area contributed by atoms with E-state index in [0.717, 1.165) is 21.0 Å². The average molecular weight is 648 g/mol. The second-order valence-corrected chi connectivity index (χ2v) is 12.2. The summed E-state index contributed by atoms with van der Waals surface area (Å²) in [6, 6.07) is 29.6. The zero-order valence-corrected chi connectivity index (χ0v) is 26.8. The number of benzene rings is 4. The van der Waals surface area contributed by atoms with E-state index < -0.39 is 17.1 Å². The Labute approximate surface area is 276 Å². The zero-order valence-electron chi connectivity index (χ0n) is 26.0. The van der Waals surface area contributed by atoms with Crippen LogP contribution in [0.4, 0.5) is 22.7 Å². The smallest absolute Gasteiger partial charge is 0.272 e. The van der Waals surface area contributed by atoms with Crippen LogP contribution in [-0.2, 0) is 19.2 Å². The highest BCUT2D eigenvalue weighted by molar-refractivity contribution is 8.00. The summed E-state index contributed by atoms with van der Waals surface area (Å²) >= 11 is 1.26. The molecule has 11 heteroatoms. The van der Waals surface area contributed by atoms with Crippen LogP contribution in [0.3, 0.4) is 0 Å². The Morgan fingerprint density at radius 2 is 1.43 bits per heavy atom. The Bertz CT molecular complexity index is 1820. The van der Waals surface area contributed by atoms with E-state index in [1.165, 1.54) is 18.7 Å². The second kappa shape index (κ2) is 14.6. The highest BCUT2D eigenvalue weighted by atomic mass is 32.2. The summed E-state index contributed by atoms with van der Waals surface area (Å²) in [5.74, 6) is -1.78. The predicted molar refractivity (Wildman–Crippen MR) is 185 cm³/mol. The summed E-state index contributed by atoms with van der Waals surface area (Å²) in [6.45, 7) is 1.40. The van der Waals surface area contributed by atoms with Crippen LogP contribution in [0.15, 0.2) is 114 Å². The fourth-order valence-corrected chi connectivity index (χ4v) is 5.88. The fraction of sp³-hybridized carbons (Fsp3) is 0.139. The minimum Gasteiger partial charge on any atom is -0.378 e. The maximum absolute atomic E-state index is 13.4. The van der Waals surface area contributed by atoms with Crippen molar-refractivity contribution in [1.29, 1.82) is 0 Å². The molecule has 4 aromatic rings. The van der Waals surface area contributed by atoms with Crippen molar-refractivity contribution in [3.05, 3.63) is 120 Å². The van der Waals surface area contributed by atoms with Gasteiger partial charge in [-0.25, -0.2) is 4.90 Å². The van der Waals surface area contributed by atoms with Gasteiger partial charge in [0, 0.05) is 55.0 Å². The van der Waals surface area contributed by atoms with Crippen LogP contribution in [0.5, 0.6) is 0 Å². The van der Waals surface area contributed by atoms with E-state index in [1.807, 2.05) is 43.3 Å². The molecule has 1 aliphatic heterocycles. The normalized spacial score (nSPS) is 14.5. The molecule has 1 atom stereocenters. The van der Waals surface area contributed by atoms with Gasteiger partial charge in [0.1, 0.15) is 5.70 Å². The van der Waals surface area contributed by atoms with Gasteiger partial charge in [-0.15, -0.1) is 11.8 Å². The molecule has 238 valence electrons. The third-order valence-corrected chi connectivity index (χ3v) is 8.39. The van der Waals surface area contributed by atoms with E-state index >= 15 is 0 Å². The minimum atomic E-state index is -0.611. The Morgan fingerprint density at radius 3 is 2.04 bits per heavy atom. The van der Waals surface area contributed by atoms with Crippen LogP contribution in [0.25, 0.3) is 6.08 Å². The molecule has 1 fully saturated rings. The molecule has 0 aliphatic carbocycles. The fourth-order valence-electron chi connectivity index (χ4n) is 4.82. The topological polar surface area (TPSA) is 128 Å². The van der Waals surface area contributed by atoms with Crippen molar-refractivity contribution in [2.24, 2.45) is 0 Å². The van der Waals surface area contributed by atoms with E-state index in [9.17, 15) is 24.0 Å². The molecule has 0 bridgehead atoms. The maximum Gasteiger partial charge on any atom is 0.272 e. The van der Waals surface area contributed by atoms with Crippen LogP contribution in [-0.4, -0.2) is 48.9 Å². The minimum absolute atomic E-state index is 0.0419. The van der Waals surface area contributed by atoms with Crippen LogP contribution < -0.4 is 25.8 Å². The summed E-state index contributed by atoms with van der Waals surface area (Å²) in [7, 11) is 3.87. The van der Waals surface area contributed by atoms with Crippen LogP contribution in [0.1, 0.15) is 29.3 Å². The number of carbonyl (C=O) groups excluding carboxylic acids is 5. The van der Waals surface area contributed by atoms with Crippen molar-refractivity contribution < 1.29 is 24.0 Å². The molecule has 0 radical (unpaired) electrons. The summed E-state index contributed by atoms with van der Waals surface area (Å²) < 4.78 is 0. The van der Waals surface area contributed by atoms with Crippen LogP contribution in [0.2, 0.25) is 0 Å². The third-order valence-electron chi connectivity index (χ3n) is 7.19. The molecular weight excluding hydrogens is 614 g/mol. The SMILES string of the molecule is CC(=O)Nc1ccc(N2C(=O)CC(Sc3ccc(NC(=O)/C(=C/c4ccc(N(C)C)cc4)NC(=O)c4ccccc4)cc3)C2=O)cc1. The number of thioether (sulfide) groups is 1. The zero-order chi connectivity index (χ0) is 33.5. The molecule has 1 unspecified atom stereocenters. The van der Waals surface area contributed by atoms with Gasteiger partial charge in [0.2, 0.25) is 17.7 Å². The Hall–Kier alpha value is -5.68. The van der Waals surface area contributed by atoms with Gasteiger partial charge in [0.25, 0.3) is 11.8 Å². The number of amides is 5. The Balaban J connectivity index is 1.26. The molecule has 0 saturated carbocycles. The quantitative estimate of drug-likeness (QED) is 0.152. The van der Waals surface area contributed by atoms with Crippen LogP contribution in [0, 0.1) is 0 Å². The molecular formula is C36H33N5O5S. The molecule has 1 aliphatic rings. The molecule has 0 spiro atoms. The molecule has 0 aromatic heterocycles. The third kappa shape index (κ3) is 8.33. The van der Waals surface area contributed by atoms with Crippen molar-refractivity contribution in [3.8, 4) is 0 Å². The van der Waals surface area contributed by atoms with E-state index in [-0.39, 0.29) is 29.8 Å². The summed E-state index contributed by atoms with van der Waals surface area (Å²) in [5, 5.41) is 7.62. The van der Waals surface area contributed by atoms with Gasteiger partial charge in [-0.3, -0.25) is 24.0 Å². The lowest BCUT2D eigenvalue weighted by Crippen LogP contribution is -2.31. The molecule has 3 N–H and O–H groups in total. The summed E-state index contributed by atoms with van der Waals surface area (Å²) in [4.78, 5) is 67.5. The molecule has 5 rings (SSSR count). The van der Waals surface area contributed by atoms with Crippen molar-refractivity contribution in [3.63, 3.8) is 0 Å². The molecule has 47 heavy (non-hydrogen) atoms. The number of carbonyl (C=O) groups is 5. The number of imide groups is 1. The molecule has 1 saturated heterocycles. The first-order chi connectivity index (χ1) is 22.6. The lowest BCUT2D eigenvalue weighted by atomic mass is 10.1. The van der Waals surface area contributed by atoms with Gasteiger partial charge in [-0.2, -0.15) is 0 Å². The predicted octanol–water partition coefficient (Wildman–Crippen LogP) is 5.54. The van der Waals surface area contributed by atoms with E-state index in [1.54, 1.807) is 84.9 Å². The van der Waals surface area contributed by atoms with E-state index in [4.69, 9.17) is 0 Å². The second-order valence-electron chi connectivity index (χ2n) is 10.9. The number of hydrogen-bond acceptors (Lipinski definition) is 7. The maximum atomic E-state index is 13.4. The number of nitrogens with one attached hydrogen (secondary N) is 3. The first-order valence-corrected chi connectivity index (χ1v) is 15.6. The van der Waals surface area contributed by atoms with Gasteiger partial charge < -0.3 is 20.9 Å². The summed E-state index contributed by atoms with van der Waals surface area (Å²) in [5.41, 5.74) is 3.69. The molecule has 10 nitrogen and oxygen atoms in total. The highest BCUT2D eigenvalue weighted by Crippen LogP contribution is 2.35. The van der Waals surface area contributed by atoms with Gasteiger partial charge in [-0.05, 0) is 84.4 Å². The lowest BCUT2D eigenvalue weighted by molar-refractivity contribution is -0.121. The Morgan fingerprint density at radius 1 is 0.809 bits per heavy atom. The average Bonchev–Trinajstić information content (AvgIpc) is 3.34. The van der Waals surface area contributed by atoms with Crippen molar-refractivity contribution in [2.75, 3.05) is 34.5 Å².